The van der Waals surface area contributed by atoms with E-state index in [9.17, 15) is 9.18 Å². The topological polar surface area (TPSA) is 41.1 Å². The van der Waals surface area contributed by atoms with Crippen LogP contribution in [0.15, 0.2) is 22.7 Å². The molecular formula is C12H14BrFN2O. The lowest BCUT2D eigenvalue weighted by atomic mass is 10.2. The first-order valence-electron chi connectivity index (χ1n) is 5.63. The molecule has 3 nitrogen and oxygen atoms in total. The lowest BCUT2D eigenvalue weighted by Gasteiger charge is -2.07. The predicted octanol–water partition coefficient (Wildman–Crippen LogP) is 2.07. The Morgan fingerprint density at radius 3 is 2.88 bits per heavy atom. The zero-order chi connectivity index (χ0) is 12.3. The number of amides is 1. The Kier molecular flexibility index (Phi) is 4.12. The van der Waals surface area contributed by atoms with Crippen LogP contribution in [0.4, 0.5) is 4.39 Å². The van der Waals surface area contributed by atoms with Crippen LogP contribution in [0.5, 0.6) is 0 Å². The second-order valence-corrected chi connectivity index (χ2v) is 4.96. The molecule has 1 saturated carbocycles. The van der Waals surface area contributed by atoms with Gasteiger partial charge in [0, 0.05) is 23.6 Å². The maximum Gasteiger partial charge on any atom is 0.252 e. The molecule has 0 aliphatic heterocycles. The van der Waals surface area contributed by atoms with E-state index in [4.69, 9.17) is 0 Å². The normalized spacial score (nSPS) is 14.7. The number of hydrogen-bond donors (Lipinski definition) is 2. The van der Waals surface area contributed by atoms with Gasteiger partial charge in [-0.25, -0.2) is 4.39 Å². The van der Waals surface area contributed by atoms with Crippen molar-refractivity contribution in [2.45, 2.75) is 18.9 Å². The molecule has 1 amide bonds. The fourth-order valence-corrected chi connectivity index (χ4v) is 1.93. The number of carbonyl (C=O) groups is 1. The van der Waals surface area contributed by atoms with Gasteiger partial charge in [0.2, 0.25) is 0 Å². The molecular weight excluding hydrogens is 287 g/mol. The van der Waals surface area contributed by atoms with Crippen molar-refractivity contribution < 1.29 is 9.18 Å². The van der Waals surface area contributed by atoms with Gasteiger partial charge >= 0.3 is 0 Å². The second-order valence-electron chi connectivity index (χ2n) is 4.11. The van der Waals surface area contributed by atoms with Crippen LogP contribution >= 0.6 is 15.9 Å². The average Bonchev–Trinajstić information content (AvgIpc) is 3.11. The van der Waals surface area contributed by atoms with Crippen LogP contribution < -0.4 is 10.6 Å². The fraction of sp³-hybridized carbons (Fsp3) is 0.417. The molecule has 0 bridgehead atoms. The van der Waals surface area contributed by atoms with Crippen molar-refractivity contribution in [1.82, 2.24) is 10.6 Å². The van der Waals surface area contributed by atoms with E-state index in [2.05, 4.69) is 26.6 Å². The standard InChI is InChI=1S/C12H14BrFN2O/c13-11-4-1-8(14)7-10(11)12(17)16-6-5-15-9-2-3-9/h1,4,7,9,15H,2-3,5-6H2,(H,16,17). The Morgan fingerprint density at radius 1 is 1.41 bits per heavy atom. The minimum absolute atomic E-state index is 0.256. The Labute approximate surface area is 108 Å². The predicted molar refractivity (Wildman–Crippen MR) is 67.5 cm³/mol. The van der Waals surface area contributed by atoms with Gasteiger partial charge in [-0.2, -0.15) is 0 Å². The van der Waals surface area contributed by atoms with Gasteiger partial charge in [-0.15, -0.1) is 0 Å². The van der Waals surface area contributed by atoms with Crippen molar-refractivity contribution in [2.75, 3.05) is 13.1 Å². The summed E-state index contributed by atoms with van der Waals surface area (Å²) in [4.78, 5) is 11.7. The minimum atomic E-state index is -0.408. The van der Waals surface area contributed by atoms with E-state index >= 15 is 0 Å². The fourth-order valence-electron chi connectivity index (χ4n) is 1.51. The van der Waals surface area contributed by atoms with Crippen molar-refractivity contribution in [2.24, 2.45) is 0 Å². The molecule has 1 fully saturated rings. The number of nitrogens with one attached hydrogen (secondary N) is 2. The highest BCUT2D eigenvalue weighted by atomic mass is 79.9. The Morgan fingerprint density at radius 2 is 2.18 bits per heavy atom. The summed E-state index contributed by atoms with van der Waals surface area (Å²) in [6.07, 6.45) is 2.45. The lowest BCUT2D eigenvalue weighted by Crippen LogP contribution is -2.32. The van der Waals surface area contributed by atoms with E-state index in [0.717, 1.165) is 6.54 Å². The zero-order valence-corrected chi connectivity index (χ0v) is 10.9. The van der Waals surface area contributed by atoms with E-state index in [-0.39, 0.29) is 5.91 Å². The van der Waals surface area contributed by atoms with Gasteiger partial charge in [0.15, 0.2) is 0 Å². The second kappa shape index (κ2) is 5.60. The summed E-state index contributed by atoms with van der Waals surface area (Å²) >= 11 is 3.23. The molecule has 0 heterocycles. The first kappa shape index (κ1) is 12.5. The molecule has 0 spiro atoms. The summed E-state index contributed by atoms with van der Waals surface area (Å²) in [5.74, 6) is -0.663. The van der Waals surface area contributed by atoms with Gasteiger partial charge in [-0.05, 0) is 47.0 Å². The zero-order valence-electron chi connectivity index (χ0n) is 9.30. The highest BCUT2D eigenvalue weighted by molar-refractivity contribution is 9.10. The molecule has 1 aromatic rings. The molecule has 17 heavy (non-hydrogen) atoms. The Bertz CT molecular complexity index is 421. The van der Waals surface area contributed by atoms with Crippen molar-refractivity contribution in [3.05, 3.63) is 34.1 Å². The van der Waals surface area contributed by atoms with E-state index in [1.165, 1.54) is 31.0 Å². The van der Waals surface area contributed by atoms with Crippen LogP contribution in [0.25, 0.3) is 0 Å². The Hall–Kier alpha value is -0.940. The molecule has 0 saturated heterocycles. The molecule has 0 aromatic heterocycles. The number of halogens is 2. The summed E-state index contributed by atoms with van der Waals surface area (Å²) in [6.45, 7) is 1.31. The van der Waals surface area contributed by atoms with Gasteiger partial charge in [0.05, 0.1) is 5.56 Å². The third kappa shape index (κ3) is 3.78. The molecule has 0 radical (unpaired) electrons. The van der Waals surface area contributed by atoms with Crippen molar-refractivity contribution >= 4 is 21.8 Å². The lowest BCUT2D eigenvalue weighted by molar-refractivity contribution is 0.0952. The first-order chi connectivity index (χ1) is 8.16. The van der Waals surface area contributed by atoms with Crippen molar-refractivity contribution in [3.63, 3.8) is 0 Å². The van der Waals surface area contributed by atoms with Crippen LogP contribution in [0, 0.1) is 5.82 Å². The van der Waals surface area contributed by atoms with Crippen LogP contribution in [0.2, 0.25) is 0 Å². The first-order valence-corrected chi connectivity index (χ1v) is 6.43. The van der Waals surface area contributed by atoms with Gasteiger partial charge < -0.3 is 10.6 Å². The summed E-state index contributed by atoms with van der Waals surface area (Å²) in [5, 5.41) is 6.04. The smallest absolute Gasteiger partial charge is 0.252 e. The van der Waals surface area contributed by atoms with Gasteiger partial charge in [-0.1, -0.05) is 0 Å². The van der Waals surface area contributed by atoms with E-state index < -0.39 is 5.82 Å². The number of carbonyl (C=O) groups excluding carboxylic acids is 1. The van der Waals surface area contributed by atoms with Crippen LogP contribution in [0.1, 0.15) is 23.2 Å². The molecule has 1 aliphatic carbocycles. The molecule has 92 valence electrons. The summed E-state index contributed by atoms with van der Waals surface area (Å²) < 4.78 is 13.6. The molecule has 1 aliphatic rings. The van der Waals surface area contributed by atoms with Gasteiger partial charge in [0.25, 0.3) is 5.91 Å². The number of hydrogen-bond acceptors (Lipinski definition) is 2. The van der Waals surface area contributed by atoms with Crippen molar-refractivity contribution in [3.8, 4) is 0 Å². The monoisotopic (exact) mass is 300 g/mol. The minimum Gasteiger partial charge on any atom is -0.351 e. The van der Waals surface area contributed by atoms with Crippen molar-refractivity contribution in [1.29, 1.82) is 0 Å². The molecule has 5 heteroatoms. The molecule has 0 atom stereocenters. The maximum atomic E-state index is 13.0. The molecule has 1 aromatic carbocycles. The highest BCUT2D eigenvalue weighted by Crippen LogP contribution is 2.18. The van der Waals surface area contributed by atoms with Crippen LogP contribution in [0.3, 0.4) is 0 Å². The molecule has 0 unspecified atom stereocenters. The summed E-state index contributed by atoms with van der Waals surface area (Å²) in [5.41, 5.74) is 0.330. The van der Waals surface area contributed by atoms with E-state index in [1.54, 1.807) is 0 Å². The van der Waals surface area contributed by atoms with Crippen LogP contribution in [-0.4, -0.2) is 25.0 Å². The van der Waals surface area contributed by atoms with Crippen LogP contribution in [-0.2, 0) is 0 Å². The summed E-state index contributed by atoms with van der Waals surface area (Å²) in [6, 6.07) is 4.71. The largest absolute Gasteiger partial charge is 0.351 e. The molecule has 2 N–H and O–H groups in total. The third-order valence-electron chi connectivity index (χ3n) is 2.59. The maximum absolute atomic E-state index is 13.0. The summed E-state index contributed by atoms with van der Waals surface area (Å²) in [7, 11) is 0. The molecule has 2 rings (SSSR count). The number of rotatable bonds is 5. The van der Waals surface area contributed by atoms with Gasteiger partial charge in [0.1, 0.15) is 5.82 Å². The highest BCUT2D eigenvalue weighted by Gasteiger charge is 2.19. The SMILES string of the molecule is O=C(NCCNC1CC1)c1cc(F)ccc1Br. The third-order valence-corrected chi connectivity index (χ3v) is 3.29. The quantitative estimate of drug-likeness (QED) is 0.818. The van der Waals surface area contributed by atoms with Gasteiger partial charge in [-0.3, -0.25) is 4.79 Å². The van der Waals surface area contributed by atoms with E-state index in [0.29, 0.717) is 22.6 Å². The number of benzene rings is 1. The average molecular weight is 301 g/mol. The van der Waals surface area contributed by atoms with E-state index in [1.807, 2.05) is 0 Å². The Balaban J connectivity index is 1.82.